The van der Waals surface area contributed by atoms with Gasteiger partial charge in [-0.25, -0.2) is 0 Å². The van der Waals surface area contributed by atoms with E-state index in [2.05, 4.69) is 278 Å². The summed E-state index contributed by atoms with van der Waals surface area (Å²) in [6, 6.07) is 92.4. The summed E-state index contributed by atoms with van der Waals surface area (Å²) in [5.41, 5.74) is 21.4. The van der Waals surface area contributed by atoms with Crippen molar-refractivity contribution in [1.82, 2.24) is 0 Å². The van der Waals surface area contributed by atoms with E-state index in [9.17, 15) is 0 Å². The zero-order chi connectivity index (χ0) is 43.7. The largest absolute Gasteiger partial charge is 0.310 e. The third-order valence-corrected chi connectivity index (χ3v) is 13.0. The number of hydrogen-bond donors (Lipinski definition) is 0. The molecule has 0 fully saturated rings. The summed E-state index contributed by atoms with van der Waals surface area (Å²) in [6.07, 6.45) is 0. The number of hydrogen-bond acceptors (Lipinski definition) is 2. The maximum atomic E-state index is 2.40. The zero-order valence-corrected chi connectivity index (χ0v) is 36.6. The maximum Gasteiger partial charge on any atom is 0.0468 e. The molecule has 310 valence electrons. The van der Waals surface area contributed by atoms with Gasteiger partial charge in [0.05, 0.1) is 0 Å². The normalized spacial score (nSPS) is 12.3. The fourth-order valence-electron chi connectivity index (χ4n) is 9.71. The van der Waals surface area contributed by atoms with Crippen molar-refractivity contribution in [3.8, 4) is 55.6 Å². The molecule has 2 heteroatoms. The van der Waals surface area contributed by atoms with Gasteiger partial charge in [-0.05, 0) is 140 Å². The molecule has 10 aromatic carbocycles. The van der Waals surface area contributed by atoms with Crippen LogP contribution in [-0.4, -0.2) is 0 Å². The van der Waals surface area contributed by atoms with Gasteiger partial charge in [-0.3, -0.25) is 0 Å². The molecular formula is C63H48N2. The summed E-state index contributed by atoms with van der Waals surface area (Å²) in [6.45, 7) is 4.68. The van der Waals surface area contributed by atoms with Gasteiger partial charge >= 0.3 is 0 Å². The molecule has 0 unspecified atom stereocenters. The van der Waals surface area contributed by atoms with Crippen LogP contribution >= 0.6 is 0 Å². The Labute approximate surface area is 383 Å². The van der Waals surface area contributed by atoms with Crippen LogP contribution in [0, 0.1) is 0 Å². The summed E-state index contributed by atoms with van der Waals surface area (Å²) >= 11 is 0. The third kappa shape index (κ3) is 7.60. The molecule has 0 saturated heterocycles. The van der Waals surface area contributed by atoms with Crippen molar-refractivity contribution >= 4 is 34.1 Å². The molecule has 0 bridgehead atoms. The Hall–Kier alpha value is -8.20. The average molecular weight is 833 g/mol. The van der Waals surface area contributed by atoms with Crippen molar-refractivity contribution in [2.24, 2.45) is 0 Å². The molecule has 0 atom stereocenters. The first kappa shape index (κ1) is 39.6. The van der Waals surface area contributed by atoms with Gasteiger partial charge in [-0.1, -0.05) is 196 Å². The predicted octanol–water partition coefficient (Wildman–Crippen LogP) is 17.6. The molecule has 0 spiro atoms. The highest BCUT2D eigenvalue weighted by atomic mass is 15.1. The van der Waals surface area contributed by atoms with Gasteiger partial charge in [0.15, 0.2) is 0 Å². The lowest BCUT2D eigenvalue weighted by Crippen LogP contribution is -2.15. The fraction of sp³-hybridized carbons (Fsp3) is 0.0476. The lowest BCUT2D eigenvalue weighted by atomic mass is 9.82. The van der Waals surface area contributed by atoms with Crippen LogP contribution in [0.1, 0.15) is 25.0 Å². The molecule has 1 aliphatic rings. The van der Waals surface area contributed by atoms with Crippen LogP contribution in [0.2, 0.25) is 0 Å². The smallest absolute Gasteiger partial charge is 0.0468 e. The maximum absolute atomic E-state index is 2.40. The minimum atomic E-state index is -0.0604. The Morgan fingerprint density at radius 3 is 0.985 bits per heavy atom. The van der Waals surface area contributed by atoms with Gasteiger partial charge in [-0.15, -0.1) is 0 Å². The molecule has 0 radical (unpaired) electrons. The van der Waals surface area contributed by atoms with E-state index in [4.69, 9.17) is 0 Å². The summed E-state index contributed by atoms with van der Waals surface area (Å²) < 4.78 is 0. The summed E-state index contributed by atoms with van der Waals surface area (Å²) in [5.74, 6) is 0. The molecule has 1 aliphatic carbocycles. The van der Waals surface area contributed by atoms with Gasteiger partial charge < -0.3 is 9.80 Å². The van der Waals surface area contributed by atoms with Crippen molar-refractivity contribution in [1.29, 1.82) is 0 Å². The van der Waals surface area contributed by atoms with E-state index in [-0.39, 0.29) is 5.41 Å². The summed E-state index contributed by atoms with van der Waals surface area (Å²) in [4.78, 5) is 4.77. The Morgan fingerprint density at radius 1 is 0.231 bits per heavy atom. The Balaban J connectivity index is 0.964. The molecule has 0 aliphatic heterocycles. The quantitative estimate of drug-likeness (QED) is 0.135. The van der Waals surface area contributed by atoms with Crippen molar-refractivity contribution in [2.45, 2.75) is 19.3 Å². The highest BCUT2D eigenvalue weighted by Gasteiger charge is 2.35. The number of benzene rings is 10. The Bertz CT molecular complexity index is 3180. The van der Waals surface area contributed by atoms with Crippen LogP contribution in [0.4, 0.5) is 34.1 Å². The average Bonchev–Trinajstić information content (AvgIpc) is 3.60. The fourth-order valence-corrected chi connectivity index (χ4v) is 9.71. The van der Waals surface area contributed by atoms with E-state index < -0.39 is 0 Å². The SMILES string of the molecule is CC1(C)c2ccccc2-c2cc(N(c3ccc(-c4ccc(N(c5cccc(-c6ccccc6)c5)c5cccc(-c6ccccc6)c5)cc4)cc3)c3cccc(-c4ccccc4)c3)ccc21. The van der Waals surface area contributed by atoms with Crippen LogP contribution in [0.5, 0.6) is 0 Å². The van der Waals surface area contributed by atoms with E-state index >= 15 is 0 Å². The van der Waals surface area contributed by atoms with Gasteiger partial charge in [0.25, 0.3) is 0 Å². The molecular weight excluding hydrogens is 785 g/mol. The van der Waals surface area contributed by atoms with Crippen molar-refractivity contribution < 1.29 is 0 Å². The topological polar surface area (TPSA) is 6.48 Å². The second-order valence-corrected chi connectivity index (χ2v) is 17.4. The Kier molecular flexibility index (Phi) is 10.3. The van der Waals surface area contributed by atoms with Gasteiger partial charge in [0, 0.05) is 39.5 Å². The first-order valence-electron chi connectivity index (χ1n) is 22.5. The van der Waals surface area contributed by atoms with Crippen LogP contribution in [-0.2, 0) is 5.41 Å². The van der Waals surface area contributed by atoms with E-state index in [1.165, 1.54) is 55.6 Å². The van der Waals surface area contributed by atoms with Crippen molar-refractivity contribution in [3.05, 3.63) is 266 Å². The predicted molar refractivity (Wildman–Crippen MR) is 275 cm³/mol. The first-order chi connectivity index (χ1) is 32.0. The van der Waals surface area contributed by atoms with Gasteiger partial charge in [0.1, 0.15) is 0 Å². The molecule has 0 heterocycles. The molecule has 0 N–H and O–H groups in total. The van der Waals surface area contributed by atoms with Crippen molar-refractivity contribution in [2.75, 3.05) is 9.80 Å². The molecule has 2 nitrogen and oxygen atoms in total. The standard InChI is InChI=1S/C63H48N2/c1-63(2)61-30-13-12-29-59(61)60-44-58(39-40-62(60)63)65(57-28-16-25-52(43-57)47-21-10-5-11-22-47)54-37-33-49(34-38-54)48-31-35-53(36-32-48)64(55-26-14-23-50(41-55)45-17-6-3-7-18-45)56-27-15-24-51(42-56)46-19-8-4-9-20-46/h3-44H,1-2H3. The lowest BCUT2D eigenvalue weighted by molar-refractivity contribution is 0.660. The van der Waals surface area contributed by atoms with Crippen LogP contribution in [0.3, 0.4) is 0 Å². The third-order valence-electron chi connectivity index (χ3n) is 13.0. The highest BCUT2D eigenvalue weighted by Crippen LogP contribution is 2.51. The minimum Gasteiger partial charge on any atom is -0.310 e. The van der Waals surface area contributed by atoms with Crippen LogP contribution in [0.25, 0.3) is 55.6 Å². The number of nitrogens with zero attached hydrogens (tertiary/aromatic N) is 2. The second-order valence-electron chi connectivity index (χ2n) is 17.4. The van der Waals surface area contributed by atoms with Crippen LogP contribution < -0.4 is 9.80 Å². The van der Waals surface area contributed by atoms with Crippen molar-refractivity contribution in [3.63, 3.8) is 0 Å². The zero-order valence-electron chi connectivity index (χ0n) is 36.6. The monoisotopic (exact) mass is 832 g/mol. The summed E-state index contributed by atoms with van der Waals surface area (Å²) in [7, 11) is 0. The Morgan fingerprint density at radius 2 is 0.554 bits per heavy atom. The van der Waals surface area contributed by atoms with Gasteiger partial charge in [0.2, 0.25) is 0 Å². The summed E-state index contributed by atoms with van der Waals surface area (Å²) in [5, 5.41) is 0. The van der Waals surface area contributed by atoms with E-state index in [1.54, 1.807) is 0 Å². The first-order valence-corrected chi connectivity index (χ1v) is 22.5. The van der Waals surface area contributed by atoms with E-state index in [1.807, 2.05) is 0 Å². The molecule has 11 rings (SSSR count). The minimum absolute atomic E-state index is 0.0604. The molecule has 65 heavy (non-hydrogen) atoms. The van der Waals surface area contributed by atoms with Crippen LogP contribution in [0.15, 0.2) is 255 Å². The van der Waals surface area contributed by atoms with E-state index in [0.29, 0.717) is 0 Å². The number of rotatable bonds is 10. The van der Waals surface area contributed by atoms with Gasteiger partial charge in [-0.2, -0.15) is 0 Å². The number of anilines is 6. The molecule has 0 aromatic heterocycles. The van der Waals surface area contributed by atoms with E-state index in [0.717, 1.165) is 45.3 Å². The molecule has 0 amide bonds. The lowest BCUT2D eigenvalue weighted by Gasteiger charge is -2.28. The second kappa shape index (κ2) is 16.8. The molecule has 0 saturated carbocycles. The highest BCUT2D eigenvalue weighted by molar-refractivity contribution is 5.88. The number of fused-ring (bicyclic) bond motifs is 3. The molecule has 10 aromatic rings.